The molecule has 3 aromatic carbocycles. The summed E-state index contributed by atoms with van der Waals surface area (Å²) in [7, 11) is 0. The number of rotatable bonds is 7. The van der Waals surface area contributed by atoms with Crippen molar-refractivity contribution in [2.24, 2.45) is 5.10 Å². The average molecular weight is 384 g/mol. The quantitative estimate of drug-likeness (QED) is 0.557. The van der Waals surface area contributed by atoms with Gasteiger partial charge in [0.15, 0.2) is 0 Å². The van der Waals surface area contributed by atoms with Crippen molar-refractivity contribution in [3.8, 4) is 0 Å². The van der Waals surface area contributed by atoms with Crippen LogP contribution in [0, 0.1) is 0 Å². The van der Waals surface area contributed by atoms with Crippen LogP contribution >= 0.6 is 0 Å². The summed E-state index contributed by atoms with van der Waals surface area (Å²) in [5, 5.41) is 6.45. The third kappa shape index (κ3) is 4.79. The number of hydrogen-bond acceptors (Lipinski definition) is 3. The maximum Gasteiger partial charge on any atom is 0.243 e. The highest BCUT2D eigenvalue weighted by molar-refractivity contribution is 6.13. The lowest BCUT2D eigenvalue weighted by molar-refractivity contribution is -0.129. The van der Waals surface area contributed by atoms with Crippen LogP contribution in [0.4, 0.5) is 0 Å². The van der Waals surface area contributed by atoms with Crippen molar-refractivity contribution in [2.45, 2.75) is 25.5 Å². The second kappa shape index (κ2) is 9.30. The lowest BCUT2D eigenvalue weighted by atomic mass is 10.0. The Morgan fingerprint density at radius 2 is 1.41 bits per heavy atom. The number of carbonyl (C=O) groups excluding carboxylic acids is 1. The van der Waals surface area contributed by atoms with Crippen LogP contribution in [0.2, 0.25) is 0 Å². The summed E-state index contributed by atoms with van der Waals surface area (Å²) in [5.41, 5.74) is 3.90. The highest BCUT2D eigenvalue weighted by Gasteiger charge is 2.32. The van der Waals surface area contributed by atoms with Gasteiger partial charge in [0.05, 0.1) is 25.0 Å². The Kier molecular flexibility index (Phi) is 6.13. The van der Waals surface area contributed by atoms with Gasteiger partial charge in [-0.1, -0.05) is 91.0 Å². The lowest BCUT2D eigenvalue weighted by Gasteiger charge is -2.21. The number of hydrogen-bond donors (Lipinski definition) is 0. The SMILES string of the molecule is O=C1CC[C@H](COCc2ccccc2)N1N=C(c1ccccc1)c1ccccc1. The van der Waals surface area contributed by atoms with Crippen molar-refractivity contribution in [3.05, 3.63) is 108 Å². The van der Waals surface area contributed by atoms with Crippen molar-refractivity contribution in [1.29, 1.82) is 0 Å². The van der Waals surface area contributed by atoms with Crippen LogP contribution in [0.3, 0.4) is 0 Å². The van der Waals surface area contributed by atoms with E-state index in [4.69, 9.17) is 9.84 Å². The molecular formula is C25H24N2O2. The van der Waals surface area contributed by atoms with Crippen LogP contribution in [0.15, 0.2) is 96.1 Å². The van der Waals surface area contributed by atoms with Gasteiger partial charge in [0.1, 0.15) is 0 Å². The van der Waals surface area contributed by atoms with Crippen LogP contribution in [-0.2, 0) is 16.1 Å². The molecule has 1 aliphatic rings. The number of ether oxygens (including phenoxy) is 1. The van der Waals surface area contributed by atoms with E-state index in [1.165, 1.54) is 0 Å². The van der Waals surface area contributed by atoms with Gasteiger partial charge >= 0.3 is 0 Å². The van der Waals surface area contributed by atoms with Gasteiger partial charge in [-0.2, -0.15) is 5.10 Å². The minimum Gasteiger partial charge on any atom is -0.375 e. The molecule has 146 valence electrons. The molecule has 0 aromatic heterocycles. The molecule has 1 fully saturated rings. The zero-order chi connectivity index (χ0) is 19.9. The molecule has 4 rings (SSSR count). The molecule has 3 aromatic rings. The zero-order valence-corrected chi connectivity index (χ0v) is 16.3. The van der Waals surface area contributed by atoms with Gasteiger partial charge in [-0.05, 0) is 12.0 Å². The normalized spacial score (nSPS) is 16.1. The molecule has 0 spiro atoms. The van der Waals surface area contributed by atoms with Crippen molar-refractivity contribution in [3.63, 3.8) is 0 Å². The first kappa shape index (κ1) is 19.1. The van der Waals surface area contributed by atoms with Crippen LogP contribution in [0.5, 0.6) is 0 Å². The summed E-state index contributed by atoms with van der Waals surface area (Å²) in [4.78, 5) is 12.6. The fourth-order valence-corrected chi connectivity index (χ4v) is 3.49. The fraction of sp³-hybridized carbons (Fsp3) is 0.200. The van der Waals surface area contributed by atoms with Crippen LogP contribution in [0.25, 0.3) is 0 Å². The van der Waals surface area contributed by atoms with E-state index in [0.29, 0.717) is 19.6 Å². The van der Waals surface area contributed by atoms with E-state index in [9.17, 15) is 4.79 Å². The summed E-state index contributed by atoms with van der Waals surface area (Å²) in [6.07, 6.45) is 1.26. The van der Waals surface area contributed by atoms with Crippen LogP contribution < -0.4 is 0 Å². The molecular weight excluding hydrogens is 360 g/mol. The van der Waals surface area contributed by atoms with Gasteiger partial charge in [0.25, 0.3) is 0 Å². The Hall–Kier alpha value is -3.24. The fourth-order valence-electron chi connectivity index (χ4n) is 3.49. The minimum atomic E-state index is -0.0476. The molecule has 1 aliphatic heterocycles. The van der Waals surface area contributed by atoms with Crippen molar-refractivity contribution >= 4 is 11.6 Å². The molecule has 1 atom stereocenters. The predicted molar refractivity (Wildman–Crippen MR) is 114 cm³/mol. The maximum absolute atomic E-state index is 12.6. The van der Waals surface area contributed by atoms with E-state index in [1.54, 1.807) is 5.01 Å². The summed E-state index contributed by atoms with van der Waals surface area (Å²) < 4.78 is 5.91. The molecule has 0 aliphatic carbocycles. The third-order valence-corrected chi connectivity index (χ3v) is 5.02. The lowest BCUT2D eigenvalue weighted by Crippen LogP contribution is -2.33. The number of nitrogens with zero attached hydrogens (tertiary/aromatic N) is 2. The van der Waals surface area contributed by atoms with Crippen molar-refractivity contribution in [2.75, 3.05) is 6.61 Å². The van der Waals surface area contributed by atoms with Gasteiger partial charge in [-0.25, -0.2) is 5.01 Å². The summed E-state index contributed by atoms with van der Waals surface area (Å²) in [5.74, 6) is 0.0441. The number of amides is 1. The van der Waals surface area contributed by atoms with Crippen LogP contribution in [0.1, 0.15) is 29.5 Å². The predicted octanol–water partition coefficient (Wildman–Crippen LogP) is 4.65. The topological polar surface area (TPSA) is 41.9 Å². The van der Waals surface area contributed by atoms with E-state index in [2.05, 4.69) is 0 Å². The molecule has 0 N–H and O–H groups in total. The first-order valence-corrected chi connectivity index (χ1v) is 9.94. The second-order valence-electron chi connectivity index (χ2n) is 7.11. The molecule has 1 heterocycles. The Bertz CT molecular complexity index is 914. The van der Waals surface area contributed by atoms with Crippen molar-refractivity contribution < 1.29 is 9.53 Å². The molecule has 1 amide bonds. The minimum absolute atomic E-state index is 0.0441. The maximum atomic E-state index is 12.6. The van der Waals surface area contributed by atoms with Gasteiger partial charge in [0, 0.05) is 17.5 Å². The standard InChI is InChI=1S/C25H24N2O2/c28-24-17-16-23(19-29-18-20-10-4-1-5-11-20)27(24)26-25(21-12-6-2-7-13-21)22-14-8-3-9-15-22/h1-15,23H,16-19H2/t23-/m1/s1. The molecule has 0 bridgehead atoms. The monoisotopic (exact) mass is 384 g/mol. The van der Waals surface area contributed by atoms with Gasteiger partial charge < -0.3 is 4.74 Å². The first-order valence-electron chi connectivity index (χ1n) is 9.94. The van der Waals surface area contributed by atoms with E-state index in [0.717, 1.165) is 28.8 Å². The Morgan fingerprint density at radius 1 is 0.862 bits per heavy atom. The van der Waals surface area contributed by atoms with E-state index >= 15 is 0 Å². The van der Waals surface area contributed by atoms with Crippen molar-refractivity contribution in [1.82, 2.24) is 5.01 Å². The molecule has 0 saturated carbocycles. The Balaban J connectivity index is 1.55. The molecule has 4 nitrogen and oxygen atoms in total. The van der Waals surface area contributed by atoms with E-state index in [-0.39, 0.29) is 11.9 Å². The highest BCUT2D eigenvalue weighted by atomic mass is 16.5. The van der Waals surface area contributed by atoms with E-state index < -0.39 is 0 Å². The molecule has 0 unspecified atom stereocenters. The summed E-state index contributed by atoms with van der Waals surface area (Å²) in [6.45, 7) is 1.01. The number of hydrazone groups is 1. The van der Waals surface area contributed by atoms with Gasteiger partial charge in [0.2, 0.25) is 5.91 Å². The highest BCUT2D eigenvalue weighted by Crippen LogP contribution is 2.22. The average Bonchev–Trinajstić information content (AvgIpc) is 3.13. The Morgan fingerprint density at radius 3 is 2.00 bits per heavy atom. The second-order valence-corrected chi connectivity index (χ2v) is 7.11. The van der Waals surface area contributed by atoms with Gasteiger partial charge in [-0.15, -0.1) is 0 Å². The molecule has 1 saturated heterocycles. The summed E-state index contributed by atoms with van der Waals surface area (Å²) >= 11 is 0. The molecule has 0 radical (unpaired) electrons. The number of carbonyl (C=O) groups is 1. The largest absolute Gasteiger partial charge is 0.375 e. The molecule has 29 heavy (non-hydrogen) atoms. The Labute approximate surface area is 171 Å². The third-order valence-electron chi connectivity index (χ3n) is 5.02. The first-order chi connectivity index (χ1) is 14.3. The summed E-state index contributed by atoms with van der Waals surface area (Å²) in [6, 6.07) is 30.0. The van der Waals surface area contributed by atoms with Gasteiger partial charge in [-0.3, -0.25) is 4.79 Å². The number of benzene rings is 3. The zero-order valence-electron chi connectivity index (χ0n) is 16.3. The molecule has 4 heteroatoms. The smallest absolute Gasteiger partial charge is 0.243 e. The van der Waals surface area contributed by atoms with Crippen LogP contribution in [-0.4, -0.2) is 29.3 Å². The van der Waals surface area contributed by atoms with E-state index in [1.807, 2.05) is 91.0 Å².